The van der Waals surface area contributed by atoms with E-state index in [1.165, 1.54) is 11.8 Å². The molecule has 2 N–H and O–H groups in total. The van der Waals surface area contributed by atoms with Crippen LogP contribution in [0.5, 0.6) is 5.75 Å². The van der Waals surface area contributed by atoms with Gasteiger partial charge in [0.05, 0.1) is 11.3 Å². The molecule has 30 heavy (non-hydrogen) atoms. The molecule has 0 saturated heterocycles. The molecule has 1 heterocycles. The van der Waals surface area contributed by atoms with Gasteiger partial charge in [0, 0.05) is 11.1 Å². The Morgan fingerprint density at radius 2 is 1.73 bits per heavy atom. The predicted octanol–water partition coefficient (Wildman–Crippen LogP) is 5.60. The number of nitrogens with zero attached hydrogens (tertiary/aromatic N) is 1. The number of H-pyrrole nitrogens is 1. The first-order chi connectivity index (χ1) is 14.7. The molecule has 0 aliphatic carbocycles. The van der Waals surface area contributed by atoms with Crippen molar-refractivity contribution in [1.29, 1.82) is 0 Å². The van der Waals surface area contributed by atoms with E-state index in [4.69, 9.17) is 17.0 Å². The molecule has 3 aromatic carbocycles. The fourth-order valence-electron chi connectivity index (χ4n) is 2.85. The van der Waals surface area contributed by atoms with E-state index < -0.39 is 0 Å². The second kappa shape index (κ2) is 9.56. The standard InChI is InChI=1S/C23H19N3O2S2/c27-21(15-30-23-25-20-9-5-4-8-19(20)22(29)26-23)24-17-10-12-18(13-11-17)28-14-16-6-2-1-3-7-16/h1-13H,14-15H2,(H,24,27)(H,25,26,29). The Morgan fingerprint density at radius 1 is 1.00 bits per heavy atom. The van der Waals surface area contributed by atoms with Crippen molar-refractivity contribution < 1.29 is 9.53 Å². The monoisotopic (exact) mass is 433 g/mol. The molecule has 0 bridgehead atoms. The fourth-order valence-corrected chi connectivity index (χ4v) is 3.85. The SMILES string of the molecule is O=C(CSc1nc(=S)c2ccccc2[nH]1)Nc1ccc(OCc2ccccc2)cc1. The minimum Gasteiger partial charge on any atom is -0.489 e. The zero-order chi connectivity index (χ0) is 20.8. The minimum atomic E-state index is -0.118. The number of aromatic nitrogens is 2. The first-order valence-electron chi connectivity index (χ1n) is 9.36. The molecule has 0 fully saturated rings. The quantitative estimate of drug-likeness (QED) is 0.226. The molecule has 150 valence electrons. The van der Waals surface area contributed by atoms with Crippen LogP contribution in [-0.4, -0.2) is 21.6 Å². The van der Waals surface area contributed by atoms with Crippen LogP contribution in [0.3, 0.4) is 0 Å². The lowest BCUT2D eigenvalue weighted by atomic mass is 10.2. The molecule has 0 unspecified atom stereocenters. The highest BCUT2D eigenvalue weighted by molar-refractivity contribution is 7.99. The summed E-state index contributed by atoms with van der Waals surface area (Å²) in [5.41, 5.74) is 2.73. The van der Waals surface area contributed by atoms with Crippen molar-refractivity contribution >= 4 is 46.5 Å². The number of benzene rings is 3. The molecule has 1 amide bonds. The van der Waals surface area contributed by atoms with Gasteiger partial charge >= 0.3 is 0 Å². The van der Waals surface area contributed by atoms with Gasteiger partial charge in [0.15, 0.2) is 5.16 Å². The number of thioether (sulfide) groups is 1. The van der Waals surface area contributed by atoms with Crippen LogP contribution in [-0.2, 0) is 11.4 Å². The van der Waals surface area contributed by atoms with Crippen molar-refractivity contribution in [3.8, 4) is 5.75 Å². The molecule has 7 heteroatoms. The molecule has 1 aromatic heterocycles. The third-order valence-electron chi connectivity index (χ3n) is 4.33. The van der Waals surface area contributed by atoms with Gasteiger partial charge in [-0.1, -0.05) is 66.4 Å². The van der Waals surface area contributed by atoms with E-state index in [0.29, 0.717) is 22.1 Å². The van der Waals surface area contributed by atoms with Gasteiger partial charge in [-0.05, 0) is 42.0 Å². The Hall–Kier alpha value is -3.16. The number of nitrogens with one attached hydrogen (secondary N) is 2. The van der Waals surface area contributed by atoms with Crippen molar-refractivity contribution in [3.05, 3.63) is 89.1 Å². The van der Waals surface area contributed by atoms with Gasteiger partial charge in [0.2, 0.25) is 5.91 Å². The molecule has 5 nitrogen and oxygen atoms in total. The van der Waals surface area contributed by atoms with Crippen LogP contribution in [0.15, 0.2) is 84.0 Å². The molecule has 4 aromatic rings. The third-order valence-corrected chi connectivity index (χ3v) is 5.51. The molecule has 0 aliphatic rings. The molecule has 0 atom stereocenters. The van der Waals surface area contributed by atoms with Crippen molar-refractivity contribution in [3.63, 3.8) is 0 Å². The number of carbonyl (C=O) groups is 1. The van der Waals surface area contributed by atoms with Crippen LogP contribution >= 0.6 is 24.0 Å². The van der Waals surface area contributed by atoms with Gasteiger partial charge in [-0.25, -0.2) is 4.98 Å². The van der Waals surface area contributed by atoms with Gasteiger partial charge in [-0.2, -0.15) is 0 Å². The topological polar surface area (TPSA) is 67.0 Å². The fraction of sp³-hybridized carbons (Fsp3) is 0.0870. The van der Waals surface area contributed by atoms with Crippen LogP contribution in [0.2, 0.25) is 0 Å². The first kappa shape index (κ1) is 20.1. The van der Waals surface area contributed by atoms with Gasteiger partial charge in [-0.15, -0.1) is 0 Å². The Labute approximate surface area is 183 Å². The summed E-state index contributed by atoms with van der Waals surface area (Å²) in [6, 6.07) is 25.0. The summed E-state index contributed by atoms with van der Waals surface area (Å²) >= 11 is 6.65. The van der Waals surface area contributed by atoms with Crippen molar-refractivity contribution in [1.82, 2.24) is 9.97 Å². The summed E-state index contributed by atoms with van der Waals surface area (Å²) in [5.74, 6) is 0.856. The maximum absolute atomic E-state index is 12.3. The molecule has 4 rings (SSSR count). The largest absolute Gasteiger partial charge is 0.489 e. The Morgan fingerprint density at radius 3 is 2.53 bits per heavy atom. The Kier molecular flexibility index (Phi) is 6.41. The lowest BCUT2D eigenvalue weighted by Gasteiger charge is -2.09. The number of carbonyl (C=O) groups excluding carboxylic acids is 1. The summed E-state index contributed by atoms with van der Waals surface area (Å²) in [6.07, 6.45) is 0. The number of fused-ring (bicyclic) bond motifs is 1. The zero-order valence-electron chi connectivity index (χ0n) is 16.0. The van der Waals surface area contributed by atoms with E-state index in [1.54, 1.807) is 0 Å². The van der Waals surface area contributed by atoms with E-state index in [9.17, 15) is 4.79 Å². The van der Waals surface area contributed by atoms with E-state index in [2.05, 4.69) is 15.3 Å². The molecule has 0 radical (unpaired) electrons. The van der Waals surface area contributed by atoms with E-state index in [-0.39, 0.29) is 11.7 Å². The summed E-state index contributed by atoms with van der Waals surface area (Å²) in [6.45, 7) is 0.503. The third kappa shape index (κ3) is 5.25. The maximum atomic E-state index is 12.3. The zero-order valence-corrected chi connectivity index (χ0v) is 17.6. The maximum Gasteiger partial charge on any atom is 0.234 e. The van der Waals surface area contributed by atoms with Crippen LogP contribution in [0, 0.1) is 4.64 Å². The van der Waals surface area contributed by atoms with E-state index in [0.717, 1.165) is 22.2 Å². The van der Waals surface area contributed by atoms with Crippen LogP contribution < -0.4 is 10.1 Å². The van der Waals surface area contributed by atoms with Crippen molar-refractivity contribution in [2.75, 3.05) is 11.1 Å². The number of ether oxygens (including phenoxy) is 1. The van der Waals surface area contributed by atoms with Crippen molar-refractivity contribution in [2.24, 2.45) is 0 Å². The van der Waals surface area contributed by atoms with E-state index in [1.807, 2.05) is 78.9 Å². The highest BCUT2D eigenvalue weighted by Gasteiger charge is 2.07. The second-order valence-corrected chi connectivity index (χ2v) is 7.88. The van der Waals surface area contributed by atoms with Gasteiger partial charge in [0.1, 0.15) is 17.0 Å². The number of aromatic amines is 1. The first-order valence-corrected chi connectivity index (χ1v) is 10.8. The van der Waals surface area contributed by atoms with Crippen molar-refractivity contribution in [2.45, 2.75) is 11.8 Å². The summed E-state index contributed by atoms with van der Waals surface area (Å²) in [7, 11) is 0. The number of rotatable bonds is 7. The number of hydrogen-bond acceptors (Lipinski definition) is 5. The molecule has 0 spiro atoms. The summed E-state index contributed by atoms with van der Waals surface area (Å²) in [4.78, 5) is 19.9. The normalized spacial score (nSPS) is 10.7. The Bertz CT molecular complexity index is 1210. The van der Waals surface area contributed by atoms with Crippen LogP contribution in [0.25, 0.3) is 10.9 Å². The number of anilines is 1. The predicted molar refractivity (Wildman–Crippen MR) is 123 cm³/mol. The van der Waals surface area contributed by atoms with Gasteiger partial charge < -0.3 is 15.0 Å². The lowest BCUT2D eigenvalue weighted by Crippen LogP contribution is -2.14. The molecular formula is C23H19N3O2S2. The lowest BCUT2D eigenvalue weighted by molar-refractivity contribution is -0.113. The number of para-hydroxylation sites is 1. The molecule has 0 aliphatic heterocycles. The number of amides is 1. The minimum absolute atomic E-state index is 0.118. The highest BCUT2D eigenvalue weighted by atomic mass is 32.2. The molecular weight excluding hydrogens is 414 g/mol. The number of hydrogen-bond donors (Lipinski definition) is 2. The summed E-state index contributed by atoms with van der Waals surface area (Å²) in [5, 5.41) is 4.40. The van der Waals surface area contributed by atoms with Gasteiger partial charge in [-0.3, -0.25) is 4.79 Å². The van der Waals surface area contributed by atoms with Gasteiger partial charge in [0.25, 0.3) is 0 Å². The Balaban J connectivity index is 1.30. The molecule has 0 saturated carbocycles. The smallest absolute Gasteiger partial charge is 0.234 e. The van der Waals surface area contributed by atoms with Crippen LogP contribution in [0.1, 0.15) is 5.56 Å². The summed E-state index contributed by atoms with van der Waals surface area (Å²) < 4.78 is 6.29. The second-order valence-electron chi connectivity index (χ2n) is 6.53. The van der Waals surface area contributed by atoms with E-state index >= 15 is 0 Å². The average molecular weight is 434 g/mol. The average Bonchev–Trinajstić information content (AvgIpc) is 2.78. The highest BCUT2D eigenvalue weighted by Crippen LogP contribution is 2.20. The van der Waals surface area contributed by atoms with Crippen LogP contribution in [0.4, 0.5) is 5.69 Å².